The number of thiol groups is 1. The molecule has 2 aliphatic carbocycles. The highest BCUT2D eigenvalue weighted by molar-refractivity contribution is 7.85. The van der Waals surface area contributed by atoms with Crippen molar-refractivity contribution >= 4 is 12.6 Å². The molecule has 2 rings (SSSR count). The lowest BCUT2D eigenvalue weighted by Crippen LogP contribution is -1.85. The largest absolute Gasteiger partial charge is 0.513 e. The van der Waals surface area contributed by atoms with Crippen molar-refractivity contribution in [3.8, 4) is 11.7 Å². The van der Waals surface area contributed by atoms with Crippen LogP contribution in [0.2, 0.25) is 0 Å². The van der Waals surface area contributed by atoms with Crippen LogP contribution in [0.25, 0.3) is 0 Å². The Labute approximate surface area is 204 Å². The zero-order valence-electron chi connectivity index (χ0n) is 22.4. The Bertz CT molecular complexity index is 369. The van der Waals surface area contributed by atoms with E-state index in [1.54, 1.807) is 0 Å². The first-order chi connectivity index (χ1) is 15.1. The zero-order valence-corrected chi connectivity index (χ0v) is 23.3. The second-order valence-electron chi connectivity index (χ2n) is 7.57. The van der Waals surface area contributed by atoms with Crippen molar-refractivity contribution in [3.63, 3.8) is 0 Å². The van der Waals surface area contributed by atoms with Gasteiger partial charge in [0.2, 0.25) is 0 Å². The fourth-order valence-electron chi connectivity index (χ4n) is 2.90. The summed E-state index contributed by atoms with van der Waals surface area (Å²) in [4.78, 5) is 0. The molecule has 0 aromatic carbocycles. The van der Waals surface area contributed by atoms with Crippen LogP contribution in [0.4, 0.5) is 0 Å². The van der Waals surface area contributed by atoms with Crippen LogP contribution in [0.3, 0.4) is 0 Å². The van der Waals surface area contributed by atoms with Crippen LogP contribution in [-0.2, 0) is 0 Å². The highest BCUT2D eigenvalue weighted by Gasteiger charge is 2.23. The molecule has 186 valence electrons. The van der Waals surface area contributed by atoms with E-state index >= 15 is 0 Å². The van der Waals surface area contributed by atoms with Crippen molar-refractivity contribution in [2.24, 2.45) is 11.8 Å². The van der Waals surface area contributed by atoms with E-state index in [0.29, 0.717) is 11.7 Å². The molecule has 2 fully saturated rings. The Morgan fingerprint density at radius 3 is 1.65 bits per heavy atom. The highest BCUT2D eigenvalue weighted by atomic mass is 32.1. The molecule has 0 aromatic rings. The number of aliphatic hydroxyl groups is 1. The van der Waals surface area contributed by atoms with Gasteiger partial charge in [-0.15, -0.1) is 6.42 Å². The first kappa shape index (κ1) is 37.5. The van der Waals surface area contributed by atoms with Gasteiger partial charge >= 0.3 is 0 Å². The summed E-state index contributed by atoms with van der Waals surface area (Å²) in [6, 6.07) is 0. The van der Waals surface area contributed by atoms with Crippen molar-refractivity contribution in [2.75, 3.05) is 0 Å². The van der Waals surface area contributed by atoms with E-state index in [2.05, 4.69) is 58.6 Å². The van der Waals surface area contributed by atoms with Crippen LogP contribution in [0.15, 0.2) is 24.5 Å². The van der Waals surface area contributed by atoms with Gasteiger partial charge in [0.25, 0.3) is 0 Å². The number of terminal acetylenes is 1. The van der Waals surface area contributed by atoms with Gasteiger partial charge in [-0.25, -0.2) is 0 Å². The minimum atomic E-state index is 0.370. The fourth-order valence-corrected chi connectivity index (χ4v) is 2.90. The summed E-state index contributed by atoms with van der Waals surface area (Å²) in [5.74, 6) is 1.77. The molecule has 2 aliphatic rings. The van der Waals surface area contributed by atoms with E-state index in [9.17, 15) is 0 Å². The summed E-state index contributed by atoms with van der Waals surface area (Å²) in [5.41, 5.74) is 0. The molecular formula is C29H58OS. The Kier molecular flexibility index (Phi) is 44.2. The lowest BCUT2D eigenvalue weighted by molar-refractivity contribution is 0.382. The molecule has 0 bridgehead atoms. The first-order valence-electron chi connectivity index (χ1n) is 13.2. The molecule has 2 saturated carbocycles. The summed E-state index contributed by atoms with van der Waals surface area (Å²) in [5, 5.41) is 10.4. The number of hydrogen-bond donors (Lipinski definition) is 2. The number of aliphatic hydroxyl groups excluding tert-OH is 1. The van der Waals surface area contributed by atoms with Crippen LogP contribution in [-0.4, -0.2) is 5.11 Å². The maximum Gasteiger partial charge on any atom is 0.0881 e. The van der Waals surface area contributed by atoms with Gasteiger partial charge < -0.3 is 5.11 Å². The van der Waals surface area contributed by atoms with E-state index in [0.717, 1.165) is 18.8 Å². The highest BCUT2D eigenvalue weighted by Crippen LogP contribution is 2.33. The summed E-state index contributed by atoms with van der Waals surface area (Å²) in [7, 11) is 0. The minimum absolute atomic E-state index is 0.370. The van der Waals surface area contributed by atoms with Gasteiger partial charge in [-0.2, -0.15) is 0 Å². The summed E-state index contributed by atoms with van der Waals surface area (Å²) in [6.07, 6.45) is 28.5. The lowest BCUT2D eigenvalue weighted by Gasteiger charge is -1.99. The predicted octanol–water partition coefficient (Wildman–Crippen LogP) is 10.9. The Morgan fingerprint density at radius 1 is 0.903 bits per heavy atom. The maximum atomic E-state index is 8.50. The van der Waals surface area contributed by atoms with Gasteiger partial charge in [-0.1, -0.05) is 131 Å². The van der Waals surface area contributed by atoms with Crippen molar-refractivity contribution < 1.29 is 5.11 Å². The summed E-state index contributed by atoms with van der Waals surface area (Å²) < 4.78 is 0. The van der Waals surface area contributed by atoms with Crippen molar-refractivity contribution in [1.29, 1.82) is 0 Å². The van der Waals surface area contributed by atoms with Crippen molar-refractivity contribution in [3.05, 3.63) is 24.5 Å². The molecule has 0 amide bonds. The quantitative estimate of drug-likeness (QED) is 0.117. The van der Waals surface area contributed by atoms with E-state index in [4.69, 9.17) is 5.11 Å². The van der Waals surface area contributed by atoms with Crippen LogP contribution in [0, 0.1) is 23.5 Å². The molecule has 0 heterocycles. The first-order valence-corrected chi connectivity index (χ1v) is 13.7. The third-order valence-corrected chi connectivity index (χ3v) is 4.79. The standard InChI is InChI=1S/C13H24.C5H8O.C5H12.C2H2S.2C2H6/c1-2-3-4-5-6-7-10-13-11-8-9-12-13;1-4(6)5-2-3-5;1-3-5-4-2;1-2-3;2*1-2/h7,10,13H,2-6,8-9,11-12H2,1H3;5-6H,1-3H2;3-5H2,1-2H3;1,3H;2*1-2H3/b10-7+;;;;;. The monoisotopic (exact) mass is 454 g/mol. The molecule has 31 heavy (non-hydrogen) atoms. The van der Waals surface area contributed by atoms with Crippen molar-refractivity contribution in [1.82, 2.24) is 0 Å². The number of hydrogen-bond acceptors (Lipinski definition) is 2. The molecule has 0 aliphatic heterocycles. The lowest BCUT2D eigenvalue weighted by atomic mass is 10.1. The molecular weight excluding hydrogens is 396 g/mol. The fraction of sp³-hybridized carbons (Fsp3) is 0.793. The molecule has 0 saturated heterocycles. The molecule has 0 unspecified atom stereocenters. The topological polar surface area (TPSA) is 20.2 Å². The van der Waals surface area contributed by atoms with Gasteiger partial charge in [0, 0.05) is 5.92 Å². The normalized spacial score (nSPS) is 13.9. The second kappa shape index (κ2) is 36.6. The Balaban J connectivity index is -0.000000170. The van der Waals surface area contributed by atoms with E-state index in [1.165, 1.54) is 77.0 Å². The maximum absolute atomic E-state index is 8.50. The van der Waals surface area contributed by atoms with Crippen LogP contribution >= 0.6 is 12.6 Å². The van der Waals surface area contributed by atoms with Gasteiger partial charge in [-0.05, 0) is 49.7 Å². The van der Waals surface area contributed by atoms with E-state index < -0.39 is 0 Å². The van der Waals surface area contributed by atoms with Gasteiger partial charge in [-0.3, -0.25) is 0 Å². The summed E-state index contributed by atoms with van der Waals surface area (Å²) in [6.45, 7) is 18.1. The van der Waals surface area contributed by atoms with Crippen LogP contribution in [0.1, 0.15) is 138 Å². The van der Waals surface area contributed by atoms with Crippen LogP contribution in [0.5, 0.6) is 0 Å². The average Bonchev–Trinajstić information content (AvgIpc) is 3.53. The zero-order chi connectivity index (χ0) is 24.8. The molecule has 1 N–H and O–H groups in total. The van der Waals surface area contributed by atoms with Gasteiger partial charge in [0.05, 0.1) is 5.76 Å². The third kappa shape index (κ3) is 40.1. The van der Waals surface area contributed by atoms with Gasteiger partial charge in [0.1, 0.15) is 0 Å². The second-order valence-corrected chi connectivity index (χ2v) is 7.83. The Morgan fingerprint density at radius 2 is 1.35 bits per heavy atom. The molecule has 0 spiro atoms. The minimum Gasteiger partial charge on any atom is -0.513 e. The third-order valence-electron chi connectivity index (χ3n) is 4.79. The molecule has 0 aromatic heterocycles. The predicted molar refractivity (Wildman–Crippen MR) is 150 cm³/mol. The molecule has 1 nitrogen and oxygen atoms in total. The number of allylic oxidation sites excluding steroid dienone is 3. The number of rotatable bonds is 9. The molecule has 0 atom stereocenters. The van der Waals surface area contributed by atoms with Crippen molar-refractivity contribution in [2.45, 2.75) is 138 Å². The smallest absolute Gasteiger partial charge is 0.0881 e. The van der Waals surface area contributed by atoms with Crippen LogP contribution < -0.4 is 0 Å². The molecule has 0 radical (unpaired) electrons. The van der Waals surface area contributed by atoms with Gasteiger partial charge in [0.15, 0.2) is 0 Å². The van der Waals surface area contributed by atoms with E-state index in [1.807, 2.05) is 32.9 Å². The Hall–Kier alpha value is -0.810. The summed E-state index contributed by atoms with van der Waals surface area (Å²) >= 11 is 3.32. The van der Waals surface area contributed by atoms with E-state index in [-0.39, 0.29) is 0 Å². The number of unbranched alkanes of at least 4 members (excludes halogenated alkanes) is 6. The molecule has 2 heteroatoms. The SMILES string of the molecule is C#CS.C=C(O)C1CC1.CC.CC.CCCCC.CCCCCC/C=C/C1CCCC1. The average molecular weight is 455 g/mol.